The number of rotatable bonds is 5. The van der Waals surface area contributed by atoms with Crippen LogP contribution in [0.15, 0.2) is 30.5 Å². The van der Waals surface area contributed by atoms with Gasteiger partial charge in [-0.25, -0.2) is 4.98 Å². The predicted octanol–water partition coefficient (Wildman–Crippen LogP) is 4.21. The third-order valence-electron chi connectivity index (χ3n) is 3.93. The van der Waals surface area contributed by atoms with E-state index < -0.39 is 0 Å². The summed E-state index contributed by atoms with van der Waals surface area (Å²) in [6.45, 7) is 1.31. The Morgan fingerprint density at radius 3 is 2.73 bits per heavy atom. The fourth-order valence-corrected chi connectivity index (χ4v) is 2.94. The molecule has 1 aliphatic heterocycles. The summed E-state index contributed by atoms with van der Waals surface area (Å²) in [5.74, 6) is 0.439. The molecule has 1 fully saturated rings. The molecule has 1 saturated heterocycles. The van der Waals surface area contributed by atoms with Gasteiger partial charge in [0.1, 0.15) is 16.9 Å². The third kappa shape index (κ3) is 4.58. The van der Waals surface area contributed by atoms with Crippen molar-refractivity contribution in [3.8, 4) is 11.6 Å². The second-order valence-corrected chi connectivity index (χ2v) is 6.58. The minimum Gasteiger partial charge on any atom is -0.495 e. The standard InChI is InChI=1S/C18H18Cl2N2O4/c1-24-16-3-2-12(19)9-15(16)22-17(23)11-8-14(20)18(21-10-11)26-13-4-6-25-7-5-13/h2-3,8-10,13H,4-7H2,1H3,(H,22,23). The van der Waals surface area contributed by atoms with Crippen molar-refractivity contribution in [2.24, 2.45) is 0 Å². The molecule has 1 aliphatic rings. The molecule has 26 heavy (non-hydrogen) atoms. The van der Waals surface area contributed by atoms with Crippen molar-refractivity contribution >= 4 is 34.8 Å². The molecule has 138 valence electrons. The van der Waals surface area contributed by atoms with Crippen LogP contribution in [0.2, 0.25) is 10.0 Å². The first-order chi connectivity index (χ1) is 12.6. The van der Waals surface area contributed by atoms with Gasteiger partial charge in [-0.2, -0.15) is 0 Å². The van der Waals surface area contributed by atoms with Crippen molar-refractivity contribution in [1.29, 1.82) is 0 Å². The van der Waals surface area contributed by atoms with E-state index in [4.69, 9.17) is 37.4 Å². The van der Waals surface area contributed by atoms with Crippen LogP contribution in [0.25, 0.3) is 0 Å². The van der Waals surface area contributed by atoms with Crippen LogP contribution in [0.4, 0.5) is 5.69 Å². The second-order valence-electron chi connectivity index (χ2n) is 5.74. The van der Waals surface area contributed by atoms with Crippen molar-refractivity contribution in [2.45, 2.75) is 18.9 Å². The molecule has 1 aromatic carbocycles. The number of hydrogen-bond donors (Lipinski definition) is 1. The maximum absolute atomic E-state index is 12.5. The van der Waals surface area contributed by atoms with Crippen molar-refractivity contribution in [3.63, 3.8) is 0 Å². The maximum atomic E-state index is 12.5. The fourth-order valence-electron chi connectivity index (χ4n) is 2.56. The molecule has 1 aromatic heterocycles. The van der Waals surface area contributed by atoms with Crippen LogP contribution in [0.5, 0.6) is 11.6 Å². The highest BCUT2D eigenvalue weighted by atomic mass is 35.5. The number of carbonyl (C=O) groups is 1. The van der Waals surface area contributed by atoms with Gasteiger partial charge >= 0.3 is 0 Å². The third-order valence-corrected chi connectivity index (χ3v) is 4.43. The van der Waals surface area contributed by atoms with Gasteiger partial charge in [-0.05, 0) is 24.3 Å². The highest BCUT2D eigenvalue weighted by Crippen LogP contribution is 2.29. The Kier molecular flexibility index (Phi) is 6.19. The van der Waals surface area contributed by atoms with Gasteiger partial charge in [0.15, 0.2) is 0 Å². The van der Waals surface area contributed by atoms with E-state index >= 15 is 0 Å². The largest absolute Gasteiger partial charge is 0.495 e. The molecule has 2 aromatic rings. The molecule has 0 saturated carbocycles. The zero-order valence-corrected chi connectivity index (χ0v) is 15.6. The monoisotopic (exact) mass is 396 g/mol. The first-order valence-electron chi connectivity index (χ1n) is 8.11. The van der Waals surface area contributed by atoms with Crippen LogP contribution in [0.3, 0.4) is 0 Å². The normalized spacial score (nSPS) is 14.7. The van der Waals surface area contributed by atoms with Gasteiger partial charge in [0, 0.05) is 24.1 Å². The maximum Gasteiger partial charge on any atom is 0.257 e. The van der Waals surface area contributed by atoms with Crippen molar-refractivity contribution in [1.82, 2.24) is 4.98 Å². The van der Waals surface area contributed by atoms with Gasteiger partial charge in [-0.1, -0.05) is 23.2 Å². The number of nitrogens with one attached hydrogen (secondary N) is 1. The Labute approximate surface area is 161 Å². The molecule has 0 aliphatic carbocycles. The van der Waals surface area contributed by atoms with Crippen LogP contribution < -0.4 is 14.8 Å². The lowest BCUT2D eigenvalue weighted by molar-refractivity contribution is 0.0238. The Balaban J connectivity index is 1.72. The van der Waals surface area contributed by atoms with E-state index in [0.29, 0.717) is 41.1 Å². The van der Waals surface area contributed by atoms with Crippen LogP contribution >= 0.6 is 23.2 Å². The Hall–Kier alpha value is -2.02. The summed E-state index contributed by atoms with van der Waals surface area (Å²) in [5.41, 5.74) is 0.764. The number of carbonyl (C=O) groups excluding carboxylic acids is 1. The van der Waals surface area contributed by atoms with Gasteiger partial charge < -0.3 is 19.5 Å². The van der Waals surface area contributed by atoms with E-state index in [0.717, 1.165) is 12.8 Å². The summed E-state index contributed by atoms with van der Waals surface area (Å²) in [5, 5.41) is 3.51. The summed E-state index contributed by atoms with van der Waals surface area (Å²) in [4.78, 5) is 16.7. The summed E-state index contributed by atoms with van der Waals surface area (Å²) in [6, 6.07) is 6.48. The lowest BCUT2D eigenvalue weighted by Crippen LogP contribution is -2.26. The van der Waals surface area contributed by atoms with E-state index in [9.17, 15) is 4.79 Å². The lowest BCUT2D eigenvalue weighted by atomic mass is 10.1. The minimum atomic E-state index is -0.377. The number of anilines is 1. The quantitative estimate of drug-likeness (QED) is 0.819. The summed E-state index contributed by atoms with van der Waals surface area (Å²) < 4.78 is 16.3. The number of methoxy groups -OCH3 is 1. The van der Waals surface area contributed by atoms with Crippen LogP contribution in [-0.4, -0.2) is 37.3 Å². The number of hydrogen-bond acceptors (Lipinski definition) is 5. The summed E-state index contributed by atoms with van der Waals surface area (Å²) in [7, 11) is 1.51. The van der Waals surface area contributed by atoms with Crippen molar-refractivity contribution < 1.29 is 19.0 Å². The first kappa shape index (κ1) is 18.8. The summed E-state index contributed by atoms with van der Waals surface area (Å²) >= 11 is 12.2. The molecule has 8 heteroatoms. The molecule has 1 amide bonds. The number of pyridine rings is 1. The Morgan fingerprint density at radius 1 is 1.27 bits per heavy atom. The molecule has 0 unspecified atom stereocenters. The number of nitrogens with zero attached hydrogens (tertiary/aromatic N) is 1. The van der Waals surface area contributed by atoms with E-state index in [2.05, 4.69) is 10.3 Å². The minimum absolute atomic E-state index is 0.0177. The molecule has 1 N–H and O–H groups in total. The van der Waals surface area contributed by atoms with Crippen molar-refractivity contribution in [3.05, 3.63) is 46.1 Å². The molecular formula is C18H18Cl2N2O4. The van der Waals surface area contributed by atoms with E-state index in [1.54, 1.807) is 18.2 Å². The number of amides is 1. The van der Waals surface area contributed by atoms with E-state index in [1.165, 1.54) is 19.4 Å². The molecule has 2 heterocycles. The zero-order chi connectivity index (χ0) is 18.5. The Morgan fingerprint density at radius 2 is 2.04 bits per heavy atom. The van der Waals surface area contributed by atoms with Crippen LogP contribution in [0.1, 0.15) is 23.2 Å². The molecule has 0 bridgehead atoms. The predicted molar refractivity (Wildman–Crippen MR) is 99.7 cm³/mol. The zero-order valence-electron chi connectivity index (χ0n) is 14.1. The fraction of sp³-hybridized carbons (Fsp3) is 0.333. The van der Waals surface area contributed by atoms with Crippen molar-refractivity contribution in [2.75, 3.05) is 25.6 Å². The van der Waals surface area contributed by atoms with E-state index in [1.807, 2.05) is 0 Å². The highest BCUT2D eigenvalue weighted by Gasteiger charge is 2.19. The molecule has 6 nitrogen and oxygen atoms in total. The van der Waals surface area contributed by atoms with Crippen LogP contribution in [0, 0.1) is 0 Å². The number of aromatic nitrogens is 1. The second kappa shape index (κ2) is 8.58. The molecule has 0 atom stereocenters. The average Bonchev–Trinajstić information content (AvgIpc) is 2.64. The van der Waals surface area contributed by atoms with Gasteiger partial charge in [-0.15, -0.1) is 0 Å². The number of ether oxygens (including phenoxy) is 3. The Bertz CT molecular complexity index is 795. The lowest BCUT2D eigenvalue weighted by Gasteiger charge is -2.23. The smallest absolute Gasteiger partial charge is 0.257 e. The van der Waals surface area contributed by atoms with Gasteiger partial charge in [0.2, 0.25) is 5.88 Å². The van der Waals surface area contributed by atoms with E-state index in [-0.39, 0.29) is 17.0 Å². The number of halogens is 2. The molecular weight excluding hydrogens is 379 g/mol. The molecule has 3 rings (SSSR count). The average molecular weight is 397 g/mol. The highest BCUT2D eigenvalue weighted by molar-refractivity contribution is 6.32. The SMILES string of the molecule is COc1ccc(Cl)cc1NC(=O)c1cnc(OC2CCOCC2)c(Cl)c1. The van der Waals surface area contributed by atoms with Gasteiger partial charge in [0.25, 0.3) is 5.91 Å². The summed E-state index contributed by atoms with van der Waals surface area (Å²) in [6.07, 6.45) is 3.01. The van der Waals surface area contributed by atoms with Crippen LogP contribution in [-0.2, 0) is 4.74 Å². The topological polar surface area (TPSA) is 69.7 Å². The van der Waals surface area contributed by atoms with Gasteiger partial charge in [-0.3, -0.25) is 4.79 Å². The number of benzene rings is 1. The first-order valence-corrected chi connectivity index (χ1v) is 8.87. The van der Waals surface area contributed by atoms with Gasteiger partial charge in [0.05, 0.1) is 31.6 Å². The molecule has 0 radical (unpaired) electrons. The molecule has 0 spiro atoms.